The highest BCUT2D eigenvalue weighted by atomic mass is 32.2. The molecule has 1 aromatic rings. The Morgan fingerprint density at radius 3 is 2.75 bits per heavy atom. The monoisotopic (exact) mass is 316 g/mol. The summed E-state index contributed by atoms with van der Waals surface area (Å²) in [5.74, 6) is 0.0546. The molecule has 3 N–H and O–H groups in total. The maximum atomic E-state index is 11.9. The highest BCUT2D eigenvalue weighted by Crippen LogP contribution is 2.30. The molecule has 0 aliphatic heterocycles. The lowest BCUT2D eigenvalue weighted by atomic mass is 10.4. The first-order chi connectivity index (χ1) is 9.43. The fourth-order valence-electron chi connectivity index (χ4n) is 1.40. The number of amides is 2. The zero-order chi connectivity index (χ0) is 15.1. The minimum atomic E-state index is -0.133. The van der Waals surface area contributed by atoms with Crippen LogP contribution < -0.4 is 11.1 Å². The van der Waals surface area contributed by atoms with Gasteiger partial charge in [-0.25, -0.2) is 4.98 Å². The number of nitrogens with zero attached hydrogens (tertiary/aromatic N) is 2. The van der Waals surface area contributed by atoms with E-state index in [9.17, 15) is 9.59 Å². The third-order valence-corrected chi connectivity index (χ3v) is 4.81. The van der Waals surface area contributed by atoms with Crippen molar-refractivity contribution < 1.29 is 9.59 Å². The van der Waals surface area contributed by atoms with E-state index in [1.54, 1.807) is 7.05 Å². The number of nitrogens with two attached hydrogens (primary N) is 1. The van der Waals surface area contributed by atoms with Crippen molar-refractivity contribution in [2.24, 2.45) is 0 Å². The molecule has 0 spiro atoms. The quantitative estimate of drug-likeness (QED) is 0.736. The van der Waals surface area contributed by atoms with Crippen molar-refractivity contribution in [2.45, 2.75) is 24.5 Å². The van der Waals surface area contributed by atoms with E-state index in [1.807, 2.05) is 13.8 Å². The van der Waals surface area contributed by atoms with Crippen LogP contribution >= 0.6 is 23.1 Å². The van der Waals surface area contributed by atoms with Crippen molar-refractivity contribution >= 4 is 40.0 Å². The van der Waals surface area contributed by atoms with Crippen LogP contribution in [0.4, 0.5) is 5.13 Å². The largest absolute Gasteiger partial charge is 0.375 e. The molecule has 0 aliphatic carbocycles. The summed E-state index contributed by atoms with van der Waals surface area (Å²) in [7, 11) is 1.63. The van der Waals surface area contributed by atoms with Crippen molar-refractivity contribution in [3.05, 3.63) is 5.69 Å². The van der Waals surface area contributed by atoms with E-state index in [0.717, 1.165) is 16.3 Å². The van der Waals surface area contributed by atoms with Gasteiger partial charge in [-0.1, -0.05) is 18.3 Å². The first-order valence-corrected chi connectivity index (χ1v) is 8.10. The molecule has 0 atom stereocenters. The van der Waals surface area contributed by atoms with Gasteiger partial charge < -0.3 is 16.0 Å². The van der Waals surface area contributed by atoms with Gasteiger partial charge in [0.25, 0.3) is 0 Å². The number of thioether (sulfide) groups is 1. The van der Waals surface area contributed by atoms with Gasteiger partial charge in [-0.15, -0.1) is 11.8 Å². The maximum Gasteiger partial charge on any atom is 0.239 e. The molecule has 1 aromatic heterocycles. The molecule has 1 rings (SSSR count). The molecule has 0 saturated carbocycles. The van der Waals surface area contributed by atoms with Gasteiger partial charge in [0.15, 0.2) is 5.13 Å². The SMILES string of the molecule is CCCNC(=O)CN(C)C(=O)CSc1sc(N)nc1C. The molecular weight excluding hydrogens is 296 g/mol. The molecule has 0 bridgehead atoms. The van der Waals surface area contributed by atoms with Gasteiger partial charge in [0, 0.05) is 13.6 Å². The number of nitrogens with one attached hydrogen (secondary N) is 1. The molecule has 0 fully saturated rings. The predicted molar refractivity (Wildman–Crippen MR) is 82.9 cm³/mol. The lowest BCUT2D eigenvalue weighted by Crippen LogP contribution is -2.39. The van der Waals surface area contributed by atoms with E-state index < -0.39 is 0 Å². The minimum Gasteiger partial charge on any atom is -0.375 e. The number of likely N-dealkylation sites (N-methyl/N-ethyl adjacent to an activating group) is 1. The van der Waals surface area contributed by atoms with Crippen LogP contribution in [0, 0.1) is 6.92 Å². The Balaban J connectivity index is 2.38. The molecule has 20 heavy (non-hydrogen) atoms. The lowest BCUT2D eigenvalue weighted by molar-refractivity contribution is -0.132. The van der Waals surface area contributed by atoms with Crippen LogP contribution in [-0.4, -0.2) is 47.6 Å². The predicted octanol–water partition coefficient (Wildman–Crippen LogP) is 1.11. The molecule has 0 radical (unpaired) electrons. The summed E-state index contributed by atoms with van der Waals surface area (Å²) in [6, 6.07) is 0. The van der Waals surface area contributed by atoms with Gasteiger partial charge in [-0.05, 0) is 13.3 Å². The Morgan fingerprint density at radius 2 is 2.20 bits per heavy atom. The Hall–Kier alpha value is -1.28. The average Bonchev–Trinajstić information content (AvgIpc) is 2.71. The van der Waals surface area contributed by atoms with Crippen LogP contribution in [0.2, 0.25) is 0 Å². The summed E-state index contributed by atoms with van der Waals surface area (Å²) in [5.41, 5.74) is 6.45. The first-order valence-electron chi connectivity index (χ1n) is 6.30. The summed E-state index contributed by atoms with van der Waals surface area (Å²) in [6.07, 6.45) is 0.880. The van der Waals surface area contributed by atoms with Gasteiger partial charge in [0.1, 0.15) is 0 Å². The molecule has 112 valence electrons. The van der Waals surface area contributed by atoms with E-state index in [4.69, 9.17) is 5.73 Å². The van der Waals surface area contributed by atoms with Crippen LogP contribution in [-0.2, 0) is 9.59 Å². The molecule has 6 nitrogen and oxygen atoms in total. The van der Waals surface area contributed by atoms with Gasteiger partial charge in [0.2, 0.25) is 11.8 Å². The summed E-state index contributed by atoms with van der Waals surface area (Å²) in [6.45, 7) is 4.56. The summed E-state index contributed by atoms with van der Waals surface area (Å²) in [4.78, 5) is 29.0. The van der Waals surface area contributed by atoms with E-state index in [2.05, 4.69) is 10.3 Å². The number of nitrogen functional groups attached to an aromatic ring is 1. The van der Waals surface area contributed by atoms with Gasteiger partial charge in [-0.2, -0.15) is 0 Å². The standard InChI is InChI=1S/C12H20N4O2S2/c1-4-5-14-9(17)6-16(3)10(18)7-19-11-8(2)15-12(13)20-11/h4-7H2,1-3H3,(H2,13,15)(H,14,17). The average molecular weight is 316 g/mol. The number of thiazole rings is 1. The smallest absolute Gasteiger partial charge is 0.239 e. The zero-order valence-electron chi connectivity index (χ0n) is 11.9. The minimum absolute atomic E-state index is 0.0865. The number of rotatable bonds is 7. The van der Waals surface area contributed by atoms with Crippen LogP contribution in [0.15, 0.2) is 4.21 Å². The van der Waals surface area contributed by atoms with Crippen LogP contribution in [0.5, 0.6) is 0 Å². The number of anilines is 1. The summed E-state index contributed by atoms with van der Waals surface area (Å²) >= 11 is 2.78. The van der Waals surface area contributed by atoms with E-state index in [1.165, 1.54) is 28.0 Å². The summed E-state index contributed by atoms with van der Waals surface area (Å²) in [5, 5.41) is 3.24. The van der Waals surface area contributed by atoms with Crippen molar-refractivity contribution in [1.82, 2.24) is 15.2 Å². The van der Waals surface area contributed by atoms with Crippen molar-refractivity contribution in [3.8, 4) is 0 Å². The lowest BCUT2D eigenvalue weighted by Gasteiger charge is -2.16. The maximum absolute atomic E-state index is 11.9. The Morgan fingerprint density at radius 1 is 1.50 bits per heavy atom. The molecule has 1 heterocycles. The molecule has 8 heteroatoms. The number of hydrogen-bond donors (Lipinski definition) is 2. The van der Waals surface area contributed by atoms with Gasteiger partial charge in [0.05, 0.1) is 22.2 Å². The fraction of sp³-hybridized carbons (Fsp3) is 0.583. The number of carbonyl (C=O) groups excluding carboxylic acids is 2. The molecule has 0 aromatic carbocycles. The van der Waals surface area contributed by atoms with Crippen molar-refractivity contribution in [1.29, 1.82) is 0 Å². The topological polar surface area (TPSA) is 88.3 Å². The Kier molecular flexibility index (Phi) is 6.80. The molecule has 0 saturated heterocycles. The highest BCUT2D eigenvalue weighted by molar-refractivity contribution is 8.01. The fourth-order valence-corrected chi connectivity index (χ4v) is 3.36. The first kappa shape index (κ1) is 16.8. The number of hydrogen-bond acceptors (Lipinski definition) is 6. The van der Waals surface area contributed by atoms with Gasteiger partial charge in [-0.3, -0.25) is 9.59 Å². The van der Waals surface area contributed by atoms with Crippen LogP contribution in [0.1, 0.15) is 19.0 Å². The third-order valence-electron chi connectivity index (χ3n) is 2.48. The molecule has 0 unspecified atom stereocenters. The second-order valence-electron chi connectivity index (χ2n) is 4.31. The van der Waals surface area contributed by atoms with Gasteiger partial charge >= 0.3 is 0 Å². The second-order valence-corrected chi connectivity index (χ2v) is 6.59. The zero-order valence-corrected chi connectivity index (χ0v) is 13.6. The van der Waals surface area contributed by atoms with E-state index in [-0.39, 0.29) is 24.1 Å². The van der Waals surface area contributed by atoms with Crippen LogP contribution in [0.3, 0.4) is 0 Å². The Labute approximate surface area is 127 Å². The number of carbonyl (C=O) groups is 2. The number of aromatic nitrogens is 1. The van der Waals surface area contributed by atoms with Crippen molar-refractivity contribution in [2.75, 3.05) is 31.6 Å². The van der Waals surface area contributed by atoms with Crippen LogP contribution in [0.25, 0.3) is 0 Å². The van der Waals surface area contributed by atoms with Crippen molar-refractivity contribution in [3.63, 3.8) is 0 Å². The third kappa shape index (κ3) is 5.38. The number of aryl methyl sites for hydroxylation is 1. The molecular formula is C12H20N4O2S2. The molecule has 0 aliphatic rings. The summed E-state index contributed by atoms with van der Waals surface area (Å²) < 4.78 is 0.944. The van der Waals surface area contributed by atoms with E-state index in [0.29, 0.717) is 11.7 Å². The Bertz CT molecular complexity index is 476. The normalized spacial score (nSPS) is 10.3. The van der Waals surface area contributed by atoms with E-state index >= 15 is 0 Å². The molecule has 2 amide bonds. The highest BCUT2D eigenvalue weighted by Gasteiger charge is 2.14. The second kappa shape index (κ2) is 8.11.